The van der Waals surface area contributed by atoms with Gasteiger partial charge in [-0.3, -0.25) is 19.2 Å². The molecule has 9 atom stereocenters. The van der Waals surface area contributed by atoms with Crippen molar-refractivity contribution in [1.82, 2.24) is 0 Å². The third kappa shape index (κ3) is 2.60. The Morgan fingerprint density at radius 2 is 1.76 bits per heavy atom. The number of epoxide rings is 1. The molecule has 188 valence electrons. The average molecular weight is 481 g/mol. The summed E-state index contributed by atoms with van der Waals surface area (Å²) in [6, 6.07) is 0. The molecule has 3 unspecified atom stereocenters. The number of ketones is 2. The summed E-state index contributed by atoms with van der Waals surface area (Å²) in [5.74, 6) is -2.76. The number of halogens is 1. The first-order valence-corrected chi connectivity index (χ1v) is 12.2. The molecule has 8 nitrogen and oxygen atoms in total. The zero-order valence-electron chi connectivity index (χ0n) is 20.1. The van der Waals surface area contributed by atoms with Crippen LogP contribution in [0.1, 0.15) is 72.6 Å². The van der Waals surface area contributed by atoms with Crippen molar-refractivity contribution in [1.29, 1.82) is 0 Å². The van der Waals surface area contributed by atoms with E-state index < -0.39 is 70.2 Å². The molecule has 5 fully saturated rings. The molecule has 0 aromatic carbocycles. The fourth-order valence-electron chi connectivity index (χ4n) is 8.70. The molecule has 1 N–H and O–H groups in total. The van der Waals surface area contributed by atoms with Crippen molar-refractivity contribution >= 4 is 23.5 Å². The van der Waals surface area contributed by atoms with Crippen molar-refractivity contribution in [2.45, 2.75) is 102 Å². The number of aliphatic hydroxyl groups is 1. The van der Waals surface area contributed by atoms with Gasteiger partial charge in [-0.1, -0.05) is 13.8 Å². The van der Waals surface area contributed by atoms with E-state index in [1.54, 1.807) is 13.8 Å². The Hall–Kier alpha value is -1.87. The van der Waals surface area contributed by atoms with Gasteiger partial charge in [-0.2, -0.15) is 0 Å². The fraction of sp³-hybridized carbons (Fsp3) is 0.840. The minimum absolute atomic E-state index is 0.000437. The number of alkyl halides is 1. The molecule has 9 heteroatoms. The molecule has 0 aromatic rings. The van der Waals surface area contributed by atoms with E-state index in [0.717, 1.165) is 0 Å². The molecule has 4 aliphatic carbocycles. The van der Waals surface area contributed by atoms with Crippen molar-refractivity contribution < 1.29 is 42.9 Å². The van der Waals surface area contributed by atoms with Gasteiger partial charge < -0.3 is 19.3 Å². The molecule has 0 bridgehead atoms. The molecule has 4 saturated carbocycles. The zero-order chi connectivity index (χ0) is 24.9. The number of ether oxygens (including phenoxy) is 3. The Labute approximate surface area is 197 Å². The standard InChI is InChI=1S/C25H33FO8/c1-13(27)32-12-19(31)23(33-14(2)28)9-5-15-16-6-10-24-20(34-24)17(29)7-8-22(24,4)25(16,26)18(30)11-21(15,23)3/h15-16,18,20,30H,5-12H2,1-4H3/t15-,16-,18-,20?,21-,22-,23-,24?,25?/m0/s1. The highest BCUT2D eigenvalue weighted by molar-refractivity contribution is 5.93. The predicted octanol–water partition coefficient (Wildman–Crippen LogP) is 2.23. The quantitative estimate of drug-likeness (QED) is 0.481. The maximum Gasteiger partial charge on any atom is 0.303 e. The minimum atomic E-state index is -2.00. The van der Waals surface area contributed by atoms with Crippen molar-refractivity contribution in [3.63, 3.8) is 0 Å². The highest BCUT2D eigenvalue weighted by atomic mass is 19.1. The van der Waals surface area contributed by atoms with Crippen LogP contribution < -0.4 is 0 Å². The van der Waals surface area contributed by atoms with Gasteiger partial charge in [0.15, 0.2) is 18.0 Å². The smallest absolute Gasteiger partial charge is 0.303 e. The summed E-state index contributed by atoms with van der Waals surface area (Å²) in [7, 11) is 0. The maximum atomic E-state index is 17.4. The van der Waals surface area contributed by atoms with E-state index in [0.29, 0.717) is 25.7 Å². The summed E-state index contributed by atoms with van der Waals surface area (Å²) in [5.41, 5.74) is -6.56. The van der Waals surface area contributed by atoms with Gasteiger partial charge in [0.2, 0.25) is 5.78 Å². The van der Waals surface area contributed by atoms with E-state index in [-0.39, 0.29) is 31.0 Å². The summed E-state index contributed by atoms with van der Waals surface area (Å²) in [4.78, 5) is 49.3. The molecule has 0 radical (unpaired) electrons. The van der Waals surface area contributed by atoms with Crippen LogP contribution in [0.2, 0.25) is 0 Å². The van der Waals surface area contributed by atoms with Gasteiger partial charge in [0.25, 0.3) is 0 Å². The van der Waals surface area contributed by atoms with Crippen molar-refractivity contribution in [2.75, 3.05) is 6.61 Å². The van der Waals surface area contributed by atoms with Crippen LogP contribution in [0.5, 0.6) is 0 Å². The van der Waals surface area contributed by atoms with Gasteiger partial charge in [0, 0.05) is 31.1 Å². The van der Waals surface area contributed by atoms with Gasteiger partial charge in [0.05, 0.1) is 6.10 Å². The highest BCUT2D eigenvalue weighted by Gasteiger charge is 2.84. The summed E-state index contributed by atoms with van der Waals surface area (Å²) in [6.45, 7) is 5.44. The minimum Gasteiger partial charge on any atom is -0.458 e. The summed E-state index contributed by atoms with van der Waals surface area (Å²) in [5, 5.41) is 11.5. The first-order valence-electron chi connectivity index (χ1n) is 12.2. The number of Topliss-reactive ketones (excluding diaryl/α,β-unsaturated/α-hetero) is 2. The molecule has 0 aromatic heterocycles. The molecule has 1 spiro atoms. The first kappa shape index (κ1) is 23.9. The van der Waals surface area contributed by atoms with Crippen LogP contribution in [-0.2, 0) is 33.4 Å². The van der Waals surface area contributed by atoms with Crippen LogP contribution in [-0.4, -0.2) is 64.3 Å². The largest absolute Gasteiger partial charge is 0.458 e. The lowest BCUT2D eigenvalue weighted by Gasteiger charge is -2.64. The van der Waals surface area contributed by atoms with Crippen LogP contribution in [0.15, 0.2) is 0 Å². The summed E-state index contributed by atoms with van der Waals surface area (Å²) in [6.07, 6.45) is -0.0855. The Bertz CT molecular complexity index is 982. The molecule has 1 saturated heterocycles. The Balaban J connectivity index is 1.55. The van der Waals surface area contributed by atoms with Crippen LogP contribution >= 0.6 is 0 Å². The molecular weight excluding hydrogens is 447 g/mol. The van der Waals surface area contributed by atoms with Crippen LogP contribution in [0.4, 0.5) is 4.39 Å². The number of esters is 2. The van der Waals surface area contributed by atoms with Crippen molar-refractivity contribution in [3.05, 3.63) is 0 Å². The summed E-state index contributed by atoms with van der Waals surface area (Å²) < 4.78 is 34.0. The lowest BCUT2D eigenvalue weighted by molar-refractivity contribution is -0.257. The van der Waals surface area contributed by atoms with E-state index in [9.17, 15) is 24.3 Å². The van der Waals surface area contributed by atoms with E-state index in [2.05, 4.69) is 0 Å². The maximum absolute atomic E-state index is 17.4. The van der Waals surface area contributed by atoms with Crippen molar-refractivity contribution in [2.24, 2.45) is 22.7 Å². The van der Waals surface area contributed by atoms with Crippen molar-refractivity contribution in [3.8, 4) is 0 Å². The lowest BCUT2D eigenvalue weighted by atomic mass is 9.41. The lowest BCUT2D eigenvalue weighted by Crippen LogP contribution is -2.73. The number of aliphatic hydroxyl groups excluding tert-OH is 1. The number of rotatable bonds is 4. The van der Waals surface area contributed by atoms with E-state index in [1.165, 1.54) is 13.8 Å². The first-order chi connectivity index (χ1) is 15.8. The fourth-order valence-corrected chi connectivity index (χ4v) is 8.70. The topological polar surface area (TPSA) is 120 Å². The van der Waals surface area contributed by atoms with E-state index in [1.807, 2.05) is 0 Å². The second-order valence-corrected chi connectivity index (χ2v) is 11.5. The van der Waals surface area contributed by atoms with Crippen LogP contribution in [0, 0.1) is 22.7 Å². The third-order valence-corrected chi connectivity index (χ3v) is 10.3. The number of carbonyl (C=O) groups excluding carboxylic acids is 4. The second kappa shape index (κ2) is 7.09. The molecular formula is C25H33FO8. The Morgan fingerprint density at radius 3 is 2.41 bits per heavy atom. The monoisotopic (exact) mass is 480 g/mol. The van der Waals surface area contributed by atoms with Gasteiger partial charge in [0.1, 0.15) is 17.4 Å². The molecule has 34 heavy (non-hydrogen) atoms. The van der Waals surface area contributed by atoms with Crippen LogP contribution in [0.3, 0.4) is 0 Å². The summed E-state index contributed by atoms with van der Waals surface area (Å²) >= 11 is 0. The predicted molar refractivity (Wildman–Crippen MR) is 114 cm³/mol. The van der Waals surface area contributed by atoms with Gasteiger partial charge >= 0.3 is 11.9 Å². The van der Waals surface area contributed by atoms with E-state index >= 15 is 4.39 Å². The van der Waals surface area contributed by atoms with Gasteiger partial charge in [-0.15, -0.1) is 0 Å². The third-order valence-electron chi connectivity index (χ3n) is 10.3. The molecule has 1 aliphatic heterocycles. The Kier molecular flexibility index (Phi) is 4.97. The highest BCUT2D eigenvalue weighted by Crippen LogP contribution is 2.75. The van der Waals surface area contributed by atoms with Crippen LogP contribution in [0.25, 0.3) is 0 Å². The van der Waals surface area contributed by atoms with E-state index in [4.69, 9.17) is 14.2 Å². The molecule has 5 rings (SSSR count). The molecule has 0 amide bonds. The molecule has 1 heterocycles. The van der Waals surface area contributed by atoms with Gasteiger partial charge in [-0.25, -0.2) is 4.39 Å². The number of carbonyl (C=O) groups is 4. The number of hydrogen-bond acceptors (Lipinski definition) is 8. The number of fused-ring (bicyclic) bond motifs is 4. The van der Waals surface area contributed by atoms with Gasteiger partial charge in [-0.05, 0) is 50.4 Å². The number of hydrogen-bond donors (Lipinski definition) is 1. The zero-order valence-corrected chi connectivity index (χ0v) is 20.1. The second-order valence-electron chi connectivity index (χ2n) is 11.5. The average Bonchev–Trinajstić information content (AvgIpc) is 3.44. The Morgan fingerprint density at radius 1 is 1.09 bits per heavy atom. The normalized spacial score (nSPS) is 50.8. The molecule has 5 aliphatic rings. The SMILES string of the molecule is CC(=O)OCC(=O)[C@@]1(OC(C)=O)CC[C@H]2[C@@H]3CCC45OC4C(=O)CC[C@]5(C)C3(F)[C@@H](O)C[C@@]21C.